The Kier molecular flexibility index (Phi) is 9.83. The molecule has 2 atom stereocenters. The Labute approximate surface area is 210 Å². The molecule has 0 spiro atoms. The molecule has 5 N–H and O–H groups in total. The van der Waals surface area contributed by atoms with Crippen LogP contribution in [0.1, 0.15) is 36.2 Å². The van der Waals surface area contributed by atoms with E-state index < -0.39 is 59.7 Å². The number of phosphoric acid groups is 1. The normalized spacial score (nSPS) is 12.9. The van der Waals surface area contributed by atoms with E-state index in [0.717, 1.165) is 12.1 Å². The summed E-state index contributed by atoms with van der Waals surface area (Å²) in [5, 5.41) is 25.1. The van der Waals surface area contributed by atoms with Crippen molar-refractivity contribution in [3.63, 3.8) is 0 Å². The van der Waals surface area contributed by atoms with Crippen molar-refractivity contribution in [1.29, 1.82) is 0 Å². The molecule has 0 aliphatic carbocycles. The second-order valence-electron chi connectivity index (χ2n) is 8.41. The molecule has 0 aromatic heterocycles. The number of benzene rings is 2. The number of hydrogen-bond acceptors (Lipinski definition) is 7. The standard InChI is InChI=1S/C22H25FN3O10P/c1-12(2)9-19(22(29)30)25-21(28)18(10-13-3-6-15(7-4-13)36-37(33,34)35)24-20(27)16-11-14(26(31)32)5-8-17(16)23/h3-8,11-12,18-19H,9-10H2,1-2H3,(H,24,27)(H,25,28)(H,29,30)(H2,33,34,35). The van der Waals surface area contributed by atoms with Gasteiger partial charge in [0.1, 0.15) is 23.7 Å². The maximum absolute atomic E-state index is 14.3. The Morgan fingerprint density at radius 3 is 2.22 bits per heavy atom. The number of nitrogens with one attached hydrogen (secondary N) is 2. The Bertz CT molecular complexity index is 1220. The fraction of sp³-hybridized carbons (Fsp3) is 0.318. The molecule has 2 aromatic rings. The fourth-order valence-electron chi connectivity index (χ4n) is 3.27. The molecule has 37 heavy (non-hydrogen) atoms. The number of hydrogen-bond donors (Lipinski definition) is 5. The second-order valence-corrected chi connectivity index (χ2v) is 9.57. The molecule has 13 nitrogen and oxygen atoms in total. The van der Waals surface area contributed by atoms with Crippen molar-refractivity contribution in [3.8, 4) is 5.75 Å². The Hall–Kier alpha value is -3.87. The second kappa shape index (κ2) is 12.4. The van der Waals surface area contributed by atoms with Gasteiger partial charge in [-0.2, -0.15) is 0 Å². The number of carbonyl (C=O) groups excluding carboxylic acids is 2. The Morgan fingerprint density at radius 1 is 1.08 bits per heavy atom. The lowest BCUT2D eigenvalue weighted by atomic mass is 10.0. The number of nitro groups is 1. The summed E-state index contributed by atoms with van der Waals surface area (Å²) < 4.78 is 29.7. The topological polar surface area (TPSA) is 205 Å². The number of aliphatic carboxylic acids is 1. The first-order chi connectivity index (χ1) is 17.2. The van der Waals surface area contributed by atoms with E-state index >= 15 is 0 Å². The molecule has 0 saturated heterocycles. The van der Waals surface area contributed by atoms with E-state index in [0.29, 0.717) is 11.6 Å². The summed E-state index contributed by atoms with van der Waals surface area (Å²) in [6, 6.07) is 4.63. The smallest absolute Gasteiger partial charge is 0.480 e. The quantitative estimate of drug-likeness (QED) is 0.150. The number of non-ortho nitro benzene ring substituents is 1. The van der Waals surface area contributed by atoms with Crippen LogP contribution in [0.4, 0.5) is 10.1 Å². The van der Waals surface area contributed by atoms with Crippen LogP contribution >= 0.6 is 7.82 Å². The van der Waals surface area contributed by atoms with E-state index in [9.17, 15) is 38.6 Å². The molecule has 2 amide bonds. The fourth-order valence-corrected chi connectivity index (χ4v) is 3.67. The van der Waals surface area contributed by atoms with E-state index in [1.54, 1.807) is 13.8 Å². The largest absolute Gasteiger partial charge is 0.524 e. The average Bonchev–Trinajstić information content (AvgIpc) is 2.78. The number of carbonyl (C=O) groups is 3. The number of amides is 2. The van der Waals surface area contributed by atoms with Crippen molar-refractivity contribution in [3.05, 3.63) is 69.5 Å². The van der Waals surface area contributed by atoms with Crippen molar-refractivity contribution in [1.82, 2.24) is 10.6 Å². The summed E-state index contributed by atoms with van der Waals surface area (Å²) in [6.07, 6.45) is -0.173. The van der Waals surface area contributed by atoms with Crippen molar-refractivity contribution < 1.29 is 47.7 Å². The molecule has 0 radical (unpaired) electrons. The summed E-state index contributed by atoms with van der Waals surface area (Å²) >= 11 is 0. The van der Waals surface area contributed by atoms with Crippen molar-refractivity contribution >= 4 is 31.3 Å². The van der Waals surface area contributed by atoms with E-state index in [4.69, 9.17) is 9.79 Å². The summed E-state index contributed by atoms with van der Waals surface area (Å²) in [5.41, 5.74) is -0.904. The number of phosphoric ester groups is 1. The van der Waals surface area contributed by atoms with Gasteiger partial charge in [0.15, 0.2) is 0 Å². The molecule has 2 unspecified atom stereocenters. The number of nitrogens with zero attached hydrogens (tertiary/aromatic N) is 1. The van der Waals surface area contributed by atoms with Gasteiger partial charge in [0, 0.05) is 18.6 Å². The number of carboxylic acid groups (broad SMARTS) is 1. The monoisotopic (exact) mass is 541 g/mol. The maximum atomic E-state index is 14.3. The molecular weight excluding hydrogens is 516 g/mol. The van der Waals surface area contributed by atoms with Crippen LogP contribution in [0.5, 0.6) is 5.75 Å². The van der Waals surface area contributed by atoms with Crippen LogP contribution in [0.2, 0.25) is 0 Å². The predicted molar refractivity (Wildman–Crippen MR) is 126 cm³/mol. The van der Waals surface area contributed by atoms with Crippen molar-refractivity contribution in [2.45, 2.75) is 38.8 Å². The lowest BCUT2D eigenvalue weighted by molar-refractivity contribution is -0.384. The van der Waals surface area contributed by atoms with E-state index in [1.165, 1.54) is 24.3 Å². The van der Waals surface area contributed by atoms with E-state index in [1.807, 2.05) is 0 Å². The average molecular weight is 541 g/mol. The van der Waals surface area contributed by atoms with Crippen LogP contribution in [-0.4, -0.2) is 49.7 Å². The minimum atomic E-state index is -4.81. The molecule has 2 aromatic carbocycles. The SMILES string of the molecule is CC(C)CC(NC(=O)C(Cc1ccc(OP(=O)(O)O)cc1)NC(=O)c1cc([N+](=O)[O-])ccc1F)C(=O)O. The van der Waals surface area contributed by atoms with Gasteiger partial charge in [-0.25, -0.2) is 13.8 Å². The van der Waals surface area contributed by atoms with E-state index in [2.05, 4.69) is 15.2 Å². The van der Waals surface area contributed by atoms with Crippen LogP contribution in [0.3, 0.4) is 0 Å². The number of halogens is 1. The molecular formula is C22H25FN3O10P. The van der Waals surface area contributed by atoms with Crippen LogP contribution in [0.25, 0.3) is 0 Å². The van der Waals surface area contributed by atoms with Gasteiger partial charge in [-0.05, 0) is 36.1 Å². The third-order valence-corrected chi connectivity index (χ3v) is 5.39. The summed E-state index contributed by atoms with van der Waals surface area (Å²) in [7, 11) is -4.81. The molecule has 0 aliphatic rings. The zero-order valence-electron chi connectivity index (χ0n) is 19.7. The molecule has 0 saturated carbocycles. The highest BCUT2D eigenvalue weighted by molar-refractivity contribution is 7.46. The maximum Gasteiger partial charge on any atom is 0.524 e. The number of carboxylic acids is 1. The minimum Gasteiger partial charge on any atom is -0.480 e. The number of nitro benzene ring substituents is 1. The predicted octanol–water partition coefficient (Wildman–Crippen LogP) is 2.16. The summed E-state index contributed by atoms with van der Waals surface area (Å²) in [6.45, 7) is 3.49. The first-order valence-corrected chi connectivity index (χ1v) is 12.3. The zero-order valence-corrected chi connectivity index (χ0v) is 20.6. The highest BCUT2D eigenvalue weighted by atomic mass is 31.2. The molecule has 0 aliphatic heterocycles. The van der Waals surface area contributed by atoms with Crippen molar-refractivity contribution in [2.75, 3.05) is 0 Å². The van der Waals surface area contributed by atoms with Gasteiger partial charge in [0.25, 0.3) is 11.6 Å². The lowest BCUT2D eigenvalue weighted by Crippen LogP contribution is -2.52. The van der Waals surface area contributed by atoms with Gasteiger partial charge >= 0.3 is 13.8 Å². The van der Waals surface area contributed by atoms with Gasteiger partial charge in [0.05, 0.1) is 10.5 Å². The zero-order chi connectivity index (χ0) is 27.9. The van der Waals surface area contributed by atoms with Crippen LogP contribution in [-0.2, 0) is 20.6 Å². The molecule has 200 valence electrons. The van der Waals surface area contributed by atoms with Gasteiger partial charge in [0.2, 0.25) is 5.91 Å². The summed E-state index contributed by atoms with van der Waals surface area (Å²) in [4.78, 5) is 65.4. The highest BCUT2D eigenvalue weighted by Gasteiger charge is 2.29. The molecule has 0 heterocycles. The molecule has 2 rings (SSSR count). The third kappa shape index (κ3) is 9.26. The highest BCUT2D eigenvalue weighted by Crippen LogP contribution is 2.37. The molecule has 0 bridgehead atoms. The van der Waals surface area contributed by atoms with Crippen LogP contribution in [0, 0.1) is 21.8 Å². The van der Waals surface area contributed by atoms with Crippen LogP contribution in [0.15, 0.2) is 42.5 Å². The van der Waals surface area contributed by atoms with Gasteiger partial charge in [-0.1, -0.05) is 26.0 Å². The van der Waals surface area contributed by atoms with Gasteiger partial charge in [-0.3, -0.25) is 29.5 Å². The Morgan fingerprint density at radius 2 is 1.70 bits per heavy atom. The van der Waals surface area contributed by atoms with E-state index in [-0.39, 0.29) is 24.5 Å². The molecule has 15 heteroatoms. The summed E-state index contributed by atoms with van der Waals surface area (Å²) in [5.74, 6) is -4.74. The van der Waals surface area contributed by atoms with Crippen LogP contribution < -0.4 is 15.2 Å². The number of rotatable bonds is 12. The van der Waals surface area contributed by atoms with Gasteiger partial charge < -0.3 is 20.3 Å². The molecule has 0 fully saturated rings. The van der Waals surface area contributed by atoms with Crippen molar-refractivity contribution in [2.24, 2.45) is 5.92 Å². The Balaban J connectivity index is 2.34. The first-order valence-electron chi connectivity index (χ1n) is 10.8. The van der Waals surface area contributed by atoms with Gasteiger partial charge in [-0.15, -0.1) is 0 Å². The third-order valence-electron chi connectivity index (χ3n) is 4.94. The lowest BCUT2D eigenvalue weighted by Gasteiger charge is -2.22. The first kappa shape index (κ1) is 29.4. The minimum absolute atomic E-state index is 0.0790.